The maximum absolute atomic E-state index is 3.92. The van der Waals surface area contributed by atoms with Crippen molar-refractivity contribution in [1.29, 1.82) is 0 Å². The molecule has 0 heterocycles. The van der Waals surface area contributed by atoms with E-state index in [-0.39, 0.29) is 0 Å². The van der Waals surface area contributed by atoms with Crippen LogP contribution in [0.5, 0.6) is 0 Å². The van der Waals surface area contributed by atoms with Gasteiger partial charge in [-0.05, 0) is 38.0 Å². The molecule has 5 rings (SSSR count). The third-order valence-electron chi connectivity index (χ3n) is 7.37. The summed E-state index contributed by atoms with van der Waals surface area (Å²) in [7, 11) is 0. The van der Waals surface area contributed by atoms with Crippen LogP contribution in [-0.2, 0) is 0 Å². The Kier molecular flexibility index (Phi) is 7.65. The second kappa shape index (κ2) is 11.0. The van der Waals surface area contributed by atoms with Gasteiger partial charge in [-0.25, -0.2) is 0 Å². The van der Waals surface area contributed by atoms with E-state index in [9.17, 15) is 0 Å². The number of benzene rings is 5. The minimum Gasteiger partial charge on any atom is -0.325 e. The second-order valence-electron chi connectivity index (χ2n) is 9.30. The molecule has 5 aromatic carbocycles. The van der Waals surface area contributed by atoms with Gasteiger partial charge in [0.2, 0.25) is 0 Å². The van der Waals surface area contributed by atoms with Crippen LogP contribution in [-0.4, -0.2) is 6.15 Å². The summed E-state index contributed by atoms with van der Waals surface area (Å²) in [5.41, 5.74) is 14.5. The predicted molar refractivity (Wildman–Crippen MR) is 153 cm³/mol. The number of hydrogen-bond donors (Lipinski definition) is 1. The smallest absolute Gasteiger partial charge is 0.131 e. The molecule has 0 spiro atoms. The number of rotatable bonds is 4. The average Bonchev–Trinajstić information content (AvgIpc) is 2.93. The van der Waals surface area contributed by atoms with Crippen molar-refractivity contribution in [3.8, 4) is 0 Å². The summed E-state index contributed by atoms with van der Waals surface area (Å²) in [4.78, 5) is 0. The van der Waals surface area contributed by atoms with Crippen LogP contribution in [0.15, 0.2) is 133 Å². The molecule has 0 fully saturated rings. The molecule has 0 aliphatic carbocycles. The number of quaternary nitrogens is 1. The summed E-state index contributed by atoms with van der Waals surface area (Å²) in [6.45, 7) is 6.38. The summed E-state index contributed by atoms with van der Waals surface area (Å²) in [5.74, 6) is 0. The van der Waals surface area contributed by atoms with Crippen LogP contribution in [0.1, 0.15) is 16.7 Å². The first-order valence-corrected chi connectivity index (χ1v) is 12.3. The van der Waals surface area contributed by atoms with Crippen molar-refractivity contribution in [3.63, 3.8) is 0 Å². The zero-order valence-corrected chi connectivity index (χ0v) is 21.0. The van der Waals surface area contributed by atoms with Crippen LogP contribution in [0.4, 0.5) is 5.69 Å². The Balaban J connectivity index is 0.000000243. The van der Waals surface area contributed by atoms with Crippen LogP contribution < -0.4 is 27.6 Å². The molecule has 3 N–H and O–H groups in total. The Bertz CT molecular complexity index is 1160. The van der Waals surface area contributed by atoms with Crippen molar-refractivity contribution in [2.75, 3.05) is 0 Å². The molecule has 0 aromatic heterocycles. The summed E-state index contributed by atoms with van der Waals surface area (Å²) in [5, 5.41) is 0. The maximum Gasteiger partial charge on any atom is 0.131 e. The number of hydrogen-bond acceptors (Lipinski definition) is 0. The standard InChI is InChI=1S/C24H20B.C9H13N/c1-5-13-21(14-6-1)25(22-15-7-2-8-16-22,23-17-9-3-10-18-23)24-19-11-4-12-20-24;1-6-4-5-9(10)8(3)7(6)2/h1-20H;4-5H,10H2,1-3H3/q-1;/p+1. The second-order valence-corrected chi connectivity index (χ2v) is 9.30. The zero-order valence-electron chi connectivity index (χ0n) is 21.0. The van der Waals surface area contributed by atoms with Crippen LogP contribution in [0.3, 0.4) is 0 Å². The molecule has 0 bridgehead atoms. The lowest BCUT2D eigenvalue weighted by Gasteiger charge is -2.44. The fraction of sp³-hybridized carbons (Fsp3) is 0.0909. The highest BCUT2D eigenvalue weighted by molar-refractivity contribution is 7.19. The zero-order chi connectivity index (χ0) is 24.7. The lowest BCUT2D eigenvalue weighted by molar-refractivity contribution is -0.255. The normalized spacial score (nSPS) is 10.9. The lowest BCUT2D eigenvalue weighted by atomic mass is 9.13. The molecule has 5 aromatic rings. The predicted octanol–water partition coefficient (Wildman–Crippen LogP) is 4.55. The summed E-state index contributed by atoms with van der Waals surface area (Å²) in [6, 6.07) is 47.7. The van der Waals surface area contributed by atoms with E-state index in [1.54, 1.807) is 0 Å². The third-order valence-corrected chi connectivity index (χ3v) is 7.37. The van der Waals surface area contributed by atoms with Gasteiger partial charge in [-0.3, -0.25) is 0 Å². The third kappa shape index (κ3) is 4.99. The maximum atomic E-state index is 3.92. The highest BCUT2D eigenvalue weighted by Crippen LogP contribution is 2.16. The van der Waals surface area contributed by atoms with E-state index in [4.69, 9.17) is 0 Å². The van der Waals surface area contributed by atoms with Gasteiger partial charge >= 0.3 is 0 Å². The molecule has 0 amide bonds. The Morgan fingerprint density at radius 2 is 0.714 bits per heavy atom. The highest BCUT2D eigenvalue weighted by Gasteiger charge is 2.30. The molecular weight excluding hydrogens is 421 g/mol. The van der Waals surface area contributed by atoms with Crippen molar-refractivity contribution < 1.29 is 5.73 Å². The van der Waals surface area contributed by atoms with E-state index in [1.165, 1.54) is 38.5 Å². The molecule has 0 aliphatic heterocycles. The quantitative estimate of drug-likeness (QED) is 0.385. The molecule has 1 nitrogen and oxygen atoms in total. The largest absolute Gasteiger partial charge is 0.325 e. The highest BCUT2D eigenvalue weighted by atomic mass is 14.6. The molecule has 0 saturated carbocycles. The minimum atomic E-state index is -1.22. The molecule has 0 saturated heterocycles. The fourth-order valence-electron chi connectivity index (χ4n) is 5.13. The molecule has 174 valence electrons. The van der Waals surface area contributed by atoms with E-state index in [1.807, 2.05) is 0 Å². The average molecular weight is 455 g/mol. The molecule has 0 atom stereocenters. The van der Waals surface area contributed by atoms with Gasteiger partial charge in [0, 0.05) is 5.56 Å². The van der Waals surface area contributed by atoms with Crippen molar-refractivity contribution in [2.45, 2.75) is 20.8 Å². The van der Waals surface area contributed by atoms with Crippen molar-refractivity contribution in [3.05, 3.63) is 150 Å². The lowest BCUT2D eigenvalue weighted by Crippen LogP contribution is -2.74. The summed E-state index contributed by atoms with van der Waals surface area (Å²) >= 11 is 0. The molecule has 35 heavy (non-hydrogen) atoms. The van der Waals surface area contributed by atoms with Gasteiger partial charge in [-0.2, -0.15) is 21.9 Å². The topological polar surface area (TPSA) is 27.6 Å². The Hall–Kier alpha value is -3.88. The molecule has 0 aliphatic rings. The van der Waals surface area contributed by atoms with Gasteiger partial charge in [-0.15, -0.1) is 0 Å². The van der Waals surface area contributed by atoms with Gasteiger partial charge in [0.25, 0.3) is 0 Å². The van der Waals surface area contributed by atoms with Crippen LogP contribution >= 0.6 is 0 Å². The van der Waals surface area contributed by atoms with E-state index in [0.717, 1.165) is 5.69 Å². The number of aryl methyl sites for hydroxylation is 1. The molecule has 0 radical (unpaired) electrons. The SMILES string of the molecule is Cc1ccc([NH3+])c(C)c1C.c1ccc([B-](c2ccccc2)(c2ccccc2)c2ccccc2)cc1. The van der Waals surface area contributed by atoms with Gasteiger partial charge in [0.1, 0.15) is 11.8 Å². The summed E-state index contributed by atoms with van der Waals surface area (Å²) < 4.78 is 0. The Labute approximate surface area is 210 Å². The van der Waals surface area contributed by atoms with Gasteiger partial charge < -0.3 is 5.73 Å². The first-order chi connectivity index (χ1) is 17.0. The van der Waals surface area contributed by atoms with E-state index in [0.29, 0.717) is 0 Å². The molecular formula is C33H34BN. The monoisotopic (exact) mass is 455 g/mol. The van der Waals surface area contributed by atoms with E-state index >= 15 is 0 Å². The minimum absolute atomic E-state index is 1.14. The van der Waals surface area contributed by atoms with E-state index in [2.05, 4.69) is 160 Å². The van der Waals surface area contributed by atoms with Gasteiger partial charge in [0.05, 0.1) is 0 Å². The Morgan fingerprint density at radius 3 is 1.00 bits per heavy atom. The van der Waals surface area contributed by atoms with Gasteiger partial charge in [-0.1, -0.05) is 127 Å². The van der Waals surface area contributed by atoms with Crippen molar-refractivity contribution in [1.82, 2.24) is 0 Å². The molecule has 0 unspecified atom stereocenters. The summed E-state index contributed by atoms with van der Waals surface area (Å²) in [6.07, 6.45) is -1.22. The Morgan fingerprint density at radius 1 is 0.400 bits per heavy atom. The first kappa shape index (κ1) is 24.3. The first-order valence-electron chi connectivity index (χ1n) is 12.3. The van der Waals surface area contributed by atoms with Crippen LogP contribution in [0, 0.1) is 20.8 Å². The van der Waals surface area contributed by atoms with Gasteiger partial charge in [0.15, 0.2) is 0 Å². The van der Waals surface area contributed by atoms with Crippen molar-refractivity contribution >= 4 is 33.7 Å². The van der Waals surface area contributed by atoms with E-state index < -0.39 is 6.15 Å². The van der Waals surface area contributed by atoms with Crippen LogP contribution in [0.2, 0.25) is 0 Å². The van der Waals surface area contributed by atoms with Crippen molar-refractivity contribution in [2.24, 2.45) is 0 Å². The fourth-order valence-corrected chi connectivity index (χ4v) is 5.13. The molecule has 2 heteroatoms. The van der Waals surface area contributed by atoms with Crippen LogP contribution in [0.25, 0.3) is 0 Å².